The van der Waals surface area contributed by atoms with Crippen molar-refractivity contribution >= 4 is 27.5 Å². The Kier molecular flexibility index (Phi) is 4.82. The van der Waals surface area contributed by atoms with E-state index in [0.717, 1.165) is 37.2 Å². The van der Waals surface area contributed by atoms with Crippen LogP contribution in [0.1, 0.15) is 33.0 Å². The Morgan fingerprint density at radius 1 is 1.23 bits per heavy atom. The van der Waals surface area contributed by atoms with E-state index >= 15 is 0 Å². The lowest BCUT2D eigenvalue weighted by molar-refractivity contribution is -0.0792. The van der Waals surface area contributed by atoms with E-state index in [1.54, 1.807) is 16.2 Å². The van der Waals surface area contributed by atoms with E-state index in [0.29, 0.717) is 19.7 Å². The van der Waals surface area contributed by atoms with Gasteiger partial charge in [-0.05, 0) is 37.6 Å². The maximum Gasteiger partial charge on any atom is 0.277 e. The predicted molar refractivity (Wildman–Crippen MR) is 98.3 cm³/mol. The zero-order chi connectivity index (χ0) is 18.4. The molecule has 1 aromatic heterocycles. The molecular formula is C16H24N4O4S2. The van der Waals surface area contributed by atoms with Crippen LogP contribution in [0.4, 0.5) is 0 Å². The van der Waals surface area contributed by atoms with Gasteiger partial charge in [-0.2, -0.15) is 12.7 Å². The molecule has 0 unspecified atom stereocenters. The van der Waals surface area contributed by atoms with E-state index < -0.39 is 10.2 Å². The lowest BCUT2D eigenvalue weighted by atomic mass is 9.83. The van der Waals surface area contributed by atoms with Gasteiger partial charge in [-0.1, -0.05) is 0 Å². The number of carbonyl (C=O) groups excluding carboxylic acids is 1. The summed E-state index contributed by atoms with van der Waals surface area (Å²) in [6.07, 6.45) is 2.70. The lowest BCUT2D eigenvalue weighted by Crippen LogP contribution is -2.52. The fourth-order valence-electron chi connectivity index (χ4n) is 4.07. The second kappa shape index (κ2) is 6.84. The molecule has 0 radical (unpaired) electrons. The Morgan fingerprint density at radius 2 is 1.92 bits per heavy atom. The summed E-state index contributed by atoms with van der Waals surface area (Å²) < 4.78 is 30.2. The summed E-state index contributed by atoms with van der Waals surface area (Å²) in [5.74, 6) is -0.0254. The monoisotopic (exact) mass is 400 g/mol. The van der Waals surface area contributed by atoms with Gasteiger partial charge in [0.05, 0.1) is 17.1 Å². The first kappa shape index (κ1) is 18.3. The molecule has 3 N–H and O–H groups in total. The van der Waals surface area contributed by atoms with Crippen LogP contribution in [0.15, 0.2) is 6.07 Å². The van der Waals surface area contributed by atoms with Crippen molar-refractivity contribution in [2.45, 2.75) is 24.9 Å². The average molecular weight is 401 g/mol. The van der Waals surface area contributed by atoms with Crippen LogP contribution >= 0.6 is 11.3 Å². The summed E-state index contributed by atoms with van der Waals surface area (Å²) in [5.41, 5.74) is 0.932. The molecule has 0 aromatic carbocycles. The van der Waals surface area contributed by atoms with Crippen LogP contribution in [0, 0.1) is 0 Å². The summed E-state index contributed by atoms with van der Waals surface area (Å²) in [6.45, 7) is 3.77. The fourth-order valence-corrected chi connectivity index (χ4v) is 5.94. The van der Waals surface area contributed by atoms with Crippen LogP contribution in [0.3, 0.4) is 0 Å². The molecule has 0 aliphatic carbocycles. The van der Waals surface area contributed by atoms with Crippen molar-refractivity contribution in [1.82, 2.24) is 14.5 Å². The molecule has 0 saturated carbocycles. The van der Waals surface area contributed by atoms with E-state index in [4.69, 9.17) is 9.88 Å². The van der Waals surface area contributed by atoms with Crippen molar-refractivity contribution in [2.75, 3.05) is 45.9 Å². The normalized spacial score (nSPS) is 23.8. The van der Waals surface area contributed by atoms with Crippen LogP contribution in [0.5, 0.6) is 0 Å². The van der Waals surface area contributed by atoms with E-state index in [-0.39, 0.29) is 24.6 Å². The first-order chi connectivity index (χ1) is 12.4. The van der Waals surface area contributed by atoms with E-state index in [1.165, 1.54) is 14.7 Å². The molecule has 10 heteroatoms. The van der Waals surface area contributed by atoms with Gasteiger partial charge in [0.1, 0.15) is 0 Å². The van der Waals surface area contributed by atoms with Crippen molar-refractivity contribution in [2.24, 2.45) is 5.14 Å². The Hall–Kier alpha value is -1.04. The second-order valence-electron chi connectivity index (χ2n) is 7.03. The zero-order valence-electron chi connectivity index (χ0n) is 14.6. The zero-order valence-corrected chi connectivity index (χ0v) is 16.2. The molecular weight excluding hydrogens is 376 g/mol. The minimum atomic E-state index is -3.69. The minimum Gasteiger partial charge on any atom is -0.370 e. The third-order valence-corrected chi connectivity index (χ3v) is 7.78. The molecule has 26 heavy (non-hydrogen) atoms. The number of hydrogen-bond donors (Lipinski definition) is 2. The molecule has 2 fully saturated rings. The molecule has 2 saturated heterocycles. The molecule has 3 aliphatic rings. The number of piperazine rings is 1. The van der Waals surface area contributed by atoms with Gasteiger partial charge in [0.15, 0.2) is 0 Å². The number of nitrogens with zero attached hydrogens (tertiary/aromatic N) is 2. The van der Waals surface area contributed by atoms with Gasteiger partial charge in [-0.15, -0.1) is 11.3 Å². The molecule has 0 atom stereocenters. The smallest absolute Gasteiger partial charge is 0.277 e. The van der Waals surface area contributed by atoms with Gasteiger partial charge in [0, 0.05) is 37.5 Å². The van der Waals surface area contributed by atoms with Crippen LogP contribution in [-0.2, 0) is 27.0 Å². The van der Waals surface area contributed by atoms with Crippen molar-refractivity contribution in [1.29, 1.82) is 0 Å². The predicted octanol–water partition coefficient (Wildman–Crippen LogP) is -0.139. The number of ether oxygens (including phenoxy) is 1. The summed E-state index contributed by atoms with van der Waals surface area (Å²) >= 11 is 1.56. The molecule has 3 aliphatic heterocycles. The van der Waals surface area contributed by atoms with Gasteiger partial charge in [0.25, 0.3) is 16.1 Å². The Bertz CT molecular complexity index is 793. The molecule has 0 bridgehead atoms. The molecule has 1 spiro atoms. The van der Waals surface area contributed by atoms with Crippen LogP contribution < -0.4 is 10.5 Å². The number of nitrogens with one attached hydrogen (secondary N) is 1. The van der Waals surface area contributed by atoms with Gasteiger partial charge in [-0.25, -0.2) is 5.14 Å². The highest BCUT2D eigenvalue weighted by atomic mass is 32.2. The van der Waals surface area contributed by atoms with Crippen molar-refractivity contribution in [3.63, 3.8) is 0 Å². The largest absolute Gasteiger partial charge is 0.370 e. The minimum absolute atomic E-state index is 0.0254. The summed E-state index contributed by atoms with van der Waals surface area (Å²) in [4.78, 5) is 16.6. The third kappa shape index (κ3) is 3.30. The fraction of sp³-hybridized carbons (Fsp3) is 0.688. The molecule has 1 amide bonds. The number of carbonyl (C=O) groups is 1. The van der Waals surface area contributed by atoms with Gasteiger partial charge in [0.2, 0.25) is 0 Å². The van der Waals surface area contributed by atoms with E-state index in [1.807, 2.05) is 6.07 Å². The number of rotatable bonds is 2. The van der Waals surface area contributed by atoms with Crippen LogP contribution in [0.2, 0.25) is 0 Å². The van der Waals surface area contributed by atoms with Gasteiger partial charge >= 0.3 is 0 Å². The number of nitrogens with two attached hydrogens (primary N) is 1. The molecule has 144 valence electrons. The quantitative estimate of drug-likeness (QED) is 0.719. The van der Waals surface area contributed by atoms with Crippen molar-refractivity contribution in [3.8, 4) is 0 Å². The van der Waals surface area contributed by atoms with Crippen molar-refractivity contribution < 1.29 is 17.9 Å². The summed E-state index contributed by atoms with van der Waals surface area (Å²) in [7, 11) is -3.69. The van der Waals surface area contributed by atoms with Crippen LogP contribution in [-0.4, -0.2) is 69.4 Å². The number of amides is 1. The number of fused-ring (bicyclic) bond motifs is 2. The molecule has 8 nitrogen and oxygen atoms in total. The SMILES string of the molecule is NS(=O)(=O)N1CCN(C(=O)c2cc3c(s2)CCOC32CCNCC2)CC1. The number of piperidine rings is 1. The van der Waals surface area contributed by atoms with Crippen LogP contribution in [0.25, 0.3) is 0 Å². The Morgan fingerprint density at radius 3 is 2.58 bits per heavy atom. The number of hydrogen-bond acceptors (Lipinski definition) is 6. The topological polar surface area (TPSA) is 105 Å². The van der Waals surface area contributed by atoms with E-state index in [9.17, 15) is 13.2 Å². The highest BCUT2D eigenvalue weighted by molar-refractivity contribution is 7.86. The highest BCUT2D eigenvalue weighted by Crippen LogP contribution is 2.43. The first-order valence-corrected chi connectivity index (χ1v) is 11.3. The second-order valence-corrected chi connectivity index (χ2v) is 9.71. The average Bonchev–Trinajstić information content (AvgIpc) is 3.07. The summed E-state index contributed by atoms with van der Waals surface area (Å²) in [5, 5.41) is 8.53. The third-order valence-electron chi connectivity index (χ3n) is 5.52. The maximum atomic E-state index is 12.9. The lowest BCUT2D eigenvalue weighted by Gasteiger charge is -2.40. The van der Waals surface area contributed by atoms with E-state index in [2.05, 4.69) is 5.32 Å². The molecule has 4 heterocycles. The number of thiophene rings is 1. The Labute approximate surface area is 157 Å². The molecule has 1 aromatic rings. The first-order valence-electron chi connectivity index (χ1n) is 8.94. The molecule has 4 rings (SSSR count). The standard InChI is InChI=1S/C16H24N4O4S2/c17-26(22,23)20-8-6-19(7-9-20)15(21)14-11-12-13(25-14)1-10-24-16(12)2-4-18-5-3-16/h11,18H,1-10H2,(H2,17,22,23). The van der Waals surface area contributed by atoms with Gasteiger partial charge in [-0.3, -0.25) is 4.79 Å². The Balaban J connectivity index is 1.52. The summed E-state index contributed by atoms with van der Waals surface area (Å²) in [6, 6.07) is 2.01. The maximum absolute atomic E-state index is 12.9. The highest BCUT2D eigenvalue weighted by Gasteiger charge is 2.41. The van der Waals surface area contributed by atoms with Crippen molar-refractivity contribution in [3.05, 3.63) is 21.4 Å². The van der Waals surface area contributed by atoms with Gasteiger partial charge < -0.3 is 15.0 Å².